The Morgan fingerprint density at radius 3 is 2.12 bits per heavy atom. The van der Waals surface area contributed by atoms with Crippen LogP contribution in [-0.2, 0) is 19.1 Å². The topological polar surface area (TPSA) is 141 Å². The van der Waals surface area contributed by atoms with Gasteiger partial charge in [0.1, 0.15) is 12.7 Å². The number of carbonyl (C=O) groups is 3. The van der Waals surface area contributed by atoms with Crippen LogP contribution in [0, 0.1) is 5.92 Å². The largest absolute Gasteiger partial charge is 0.481 e. The number of carboxylic acid groups (broad SMARTS) is 2. The Morgan fingerprint density at radius 1 is 1.12 bits per heavy atom. The number of aliphatic hydroxyl groups is 2. The van der Waals surface area contributed by atoms with Gasteiger partial charge in [0.2, 0.25) is 0 Å². The number of aliphatic carboxylic acids is 2. The number of hydrogen-bond donors (Lipinski definition) is 4. The first kappa shape index (κ1) is 15.3. The highest BCUT2D eigenvalue weighted by Gasteiger charge is 2.25. The molecular weight excluding hydrogens is 236 g/mol. The van der Waals surface area contributed by atoms with E-state index in [1.807, 2.05) is 0 Å². The zero-order chi connectivity index (χ0) is 13.4. The molecule has 0 heterocycles. The van der Waals surface area contributed by atoms with Crippen LogP contribution < -0.4 is 0 Å². The van der Waals surface area contributed by atoms with Gasteiger partial charge in [-0.3, -0.25) is 14.4 Å². The van der Waals surface area contributed by atoms with Crippen molar-refractivity contribution in [3.8, 4) is 0 Å². The van der Waals surface area contributed by atoms with Crippen molar-refractivity contribution in [1.29, 1.82) is 0 Å². The van der Waals surface area contributed by atoms with E-state index in [1.54, 1.807) is 0 Å². The molecule has 0 spiro atoms. The number of hydrogen-bond acceptors (Lipinski definition) is 6. The predicted molar refractivity (Wildman–Crippen MR) is 52.0 cm³/mol. The Bertz CT molecular complexity index is 287. The molecule has 0 saturated heterocycles. The molecular formula is C9H14O8. The van der Waals surface area contributed by atoms with Gasteiger partial charge in [0.15, 0.2) is 0 Å². The van der Waals surface area contributed by atoms with E-state index in [0.29, 0.717) is 0 Å². The smallest absolute Gasteiger partial charge is 0.307 e. The SMILES string of the molecule is O=C(O)CC(CC(=O)OCC(O)CO)C(=O)O. The standard InChI is InChI=1S/C9H14O8/c10-3-6(11)4-17-8(14)2-5(9(15)16)1-7(12)13/h5-6,10-11H,1-4H2,(H,12,13)(H,15,16). The number of rotatable bonds is 8. The molecule has 0 aliphatic heterocycles. The van der Waals surface area contributed by atoms with Crippen molar-refractivity contribution in [2.75, 3.05) is 13.2 Å². The molecule has 8 heteroatoms. The Kier molecular flexibility index (Phi) is 6.83. The van der Waals surface area contributed by atoms with Crippen LogP contribution in [-0.4, -0.2) is 57.7 Å². The molecule has 0 saturated carbocycles. The van der Waals surface area contributed by atoms with Gasteiger partial charge >= 0.3 is 17.9 Å². The average Bonchev–Trinajstić information content (AvgIpc) is 2.24. The lowest BCUT2D eigenvalue weighted by molar-refractivity contribution is -0.156. The number of ether oxygens (including phenoxy) is 1. The van der Waals surface area contributed by atoms with E-state index in [2.05, 4.69) is 4.74 Å². The summed E-state index contributed by atoms with van der Waals surface area (Å²) in [5.41, 5.74) is 0. The lowest BCUT2D eigenvalue weighted by Crippen LogP contribution is -2.26. The molecule has 0 aromatic heterocycles. The molecule has 0 radical (unpaired) electrons. The normalized spacial score (nSPS) is 13.8. The van der Waals surface area contributed by atoms with Crippen molar-refractivity contribution in [3.05, 3.63) is 0 Å². The minimum Gasteiger partial charge on any atom is -0.481 e. The van der Waals surface area contributed by atoms with Gasteiger partial charge in [-0.2, -0.15) is 0 Å². The summed E-state index contributed by atoms with van der Waals surface area (Å²) in [4.78, 5) is 32.0. The fourth-order valence-electron chi connectivity index (χ4n) is 0.960. The van der Waals surface area contributed by atoms with Crippen LogP contribution in [0.3, 0.4) is 0 Å². The van der Waals surface area contributed by atoms with Gasteiger partial charge in [0, 0.05) is 0 Å². The van der Waals surface area contributed by atoms with Gasteiger partial charge in [-0.15, -0.1) is 0 Å². The summed E-state index contributed by atoms with van der Waals surface area (Å²) in [6, 6.07) is 0. The lowest BCUT2D eigenvalue weighted by atomic mass is 10.0. The minimum absolute atomic E-state index is 0.464. The highest BCUT2D eigenvalue weighted by atomic mass is 16.5. The highest BCUT2D eigenvalue weighted by Crippen LogP contribution is 2.10. The monoisotopic (exact) mass is 250 g/mol. The van der Waals surface area contributed by atoms with Crippen LogP contribution in [0.1, 0.15) is 12.8 Å². The Labute approximate surface area is 96.4 Å². The van der Waals surface area contributed by atoms with Crippen molar-refractivity contribution in [3.63, 3.8) is 0 Å². The fourth-order valence-corrected chi connectivity index (χ4v) is 0.960. The first-order valence-electron chi connectivity index (χ1n) is 4.76. The molecule has 0 rings (SSSR count). The summed E-state index contributed by atoms with van der Waals surface area (Å²) in [6.07, 6.45) is -2.52. The van der Waals surface area contributed by atoms with Crippen molar-refractivity contribution < 1.29 is 39.5 Å². The van der Waals surface area contributed by atoms with Crippen LogP contribution in [0.25, 0.3) is 0 Å². The summed E-state index contributed by atoms with van der Waals surface area (Å²) in [6.45, 7) is -1.06. The maximum Gasteiger partial charge on any atom is 0.307 e. The highest BCUT2D eigenvalue weighted by molar-refractivity contribution is 5.82. The van der Waals surface area contributed by atoms with Gasteiger partial charge in [-0.25, -0.2) is 0 Å². The third kappa shape index (κ3) is 7.25. The molecule has 2 atom stereocenters. The van der Waals surface area contributed by atoms with E-state index in [-0.39, 0.29) is 0 Å². The van der Waals surface area contributed by atoms with E-state index in [4.69, 9.17) is 20.4 Å². The van der Waals surface area contributed by atoms with Crippen LogP contribution in [0.15, 0.2) is 0 Å². The molecule has 0 aromatic rings. The molecule has 0 aliphatic carbocycles. The number of aliphatic hydroxyl groups excluding tert-OH is 2. The van der Waals surface area contributed by atoms with Crippen molar-refractivity contribution in [2.45, 2.75) is 18.9 Å². The number of carbonyl (C=O) groups excluding carboxylic acids is 1. The van der Waals surface area contributed by atoms with Crippen LogP contribution in [0.2, 0.25) is 0 Å². The zero-order valence-electron chi connectivity index (χ0n) is 8.90. The van der Waals surface area contributed by atoms with Gasteiger partial charge in [0.25, 0.3) is 0 Å². The maximum atomic E-state index is 11.1. The Hall–Kier alpha value is -1.67. The molecule has 0 fully saturated rings. The van der Waals surface area contributed by atoms with Crippen molar-refractivity contribution in [2.24, 2.45) is 5.92 Å². The summed E-state index contributed by atoms with van der Waals surface area (Å²) >= 11 is 0. The van der Waals surface area contributed by atoms with Crippen molar-refractivity contribution in [1.82, 2.24) is 0 Å². The zero-order valence-corrected chi connectivity index (χ0v) is 8.90. The molecule has 0 aromatic carbocycles. The third-order valence-corrected chi connectivity index (χ3v) is 1.83. The molecule has 17 heavy (non-hydrogen) atoms. The van der Waals surface area contributed by atoms with Gasteiger partial charge in [-0.1, -0.05) is 0 Å². The predicted octanol–water partition coefficient (Wildman–Crippen LogP) is -1.55. The van der Waals surface area contributed by atoms with Gasteiger partial charge < -0.3 is 25.2 Å². The minimum atomic E-state index is -1.41. The van der Waals surface area contributed by atoms with E-state index < -0.39 is 56.0 Å². The molecule has 0 aliphatic rings. The second kappa shape index (κ2) is 7.58. The van der Waals surface area contributed by atoms with E-state index >= 15 is 0 Å². The van der Waals surface area contributed by atoms with E-state index in [0.717, 1.165) is 0 Å². The van der Waals surface area contributed by atoms with Crippen LogP contribution >= 0.6 is 0 Å². The van der Waals surface area contributed by atoms with E-state index in [9.17, 15) is 14.4 Å². The first-order valence-corrected chi connectivity index (χ1v) is 4.76. The molecule has 98 valence electrons. The summed E-state index contributed by atoms with van der Waals surface area (Å²) in [5.74, 6) is -5.05. The summed E-state index contributed by atoms with van der Waals surface area (Å²) < 4.78 is 4.45. The second-order valence-electron chi connectivity index (χ2n) is 3.36. The van der Waals surface area contributed by atoms with Gasteiger partial charge in [0.05, 0.1) is 25.4 Å². The molecule has 8 nitrogen and oxygen atoms in total. The lowest BCUT2D eigenvalue weighted by Gasteiger charge is -2.11. The molecule has 0 bridgehead atoms. The quantitative estimate of drug-likeness (QED) is 0.379. The second-order valence-corrected chi connectivity index (χ2v) is 3.36. The Balaban J connectivity index is 4.13. The first-order chi connectivity index (χ1) is 7.86. The van der Waals surface area contributed by atoms with Crippen molar-refractivity contribution >= 4 is 17.9 Å². The molecule has 4 N–H and O–H groups in total. The molecule has 2 unspecified atom stereocenters. The molecule has 0 amide bonds. The summed E-state index contributed by atoms with van der Waals surface area (Å²) in [5, 5.41) is 34.3. The average molecular weight is 250 g/mol. The maximum absolute atomic E-state index is 11.1. The number of carboxylic acids is 2. The number of esters is 1. The third-order valence-electron chi connectivity index (χ3n) is 1.83. The fraction of sp³-hybridized carbons (Fsp3) is 0.667. The Morgan fingerprint density at radius 2 is 1.71 bits per heavy atom. The van der Waals surface area contributed by atoms with E-state index in [1.165, 1.54) is 0 Å². The van der Waals surface area contributed by atoms with Crippen LogP contribution in [0.5, 0.6) is 0 Å². The van der Waals surface area contributed by atoms with Crippen LogP contribution in [0.4, 0.5) is 0 Å². The van der Waals surface area contributed by atoms with Gasteiger partial charge in [-0.05, 0) is 0 Å². The summed E-state index contributed by atoms with van der Waals surface area (Å²) in [7, 11) is 0.